The summed E-state index contributed by atoms with van der Waals surface area (Å²) in [4.78, 5) is 28.6. The van der Waals surface area contributed by atoms with Crippen molar-refractivity contribution in [2.24, 2.45) is 0 Å². The molecule has 0 saturated carbocycles. The van der Waals surface area contributed by atoms with Gasteiger partial charge >= 0.3 is 0 Å². The van der Waals surface area contributed by atoms with Gasteiger partial charge in [-0.2, -0.15) is 0 Å². The van der Waals surface area contributed by atoms with Gasteiger partial charge in [0.25, 0.3) is 5.91 Å². The fourth-order valence-electron chi connectivity index (χ4n) is 4.50. The first-order valence-electron chi connectivity index (χ1n) is 10.3. The van der Waals surface area contributed by atoms with Gasteiger partial charge in [-0.15, -0.1) is 0 Å². The Bertz CT molecular complexity index is 1440. The number of hydrogen-bond acceptors (Lipinski definition) is 4. The fraction of sp³-hybridized carbons (Fsp3) is 0.154. The zero-order valence-electron chi connectivity index (χ0n) is 17.6. The van der Waals surface area contributed by atoms with Crippen molar-refractivity contribution in [1.82, 2.24) is 4.90 Å². The third kappa shape index (κ3) is 3.15. The van der Waals surface area contributed by atoms with Crippen LogP contribution in [0, 0.1) is 19.7 Å². The van der Waals surface area contributed by atoms with Crippen molar-refractivity contribution in [3.63, 3.8) is 0 Å². The second-order valence-corrected chi connectivity index (χ2v) is 8.19. The minimum absolute atomic E-state index is 0.00274. The van der Waals surface area contributed by atoms with Crippen molar-refractivity contribution in [3.8, 4) is 5.75 Å². The van der Waals surface area contributed by atoms with Crippen LogP contribution in [0.2, 0.25) is 0 Å². The SMILES string of the molecule is Cc1cc(C)c2c(=O)c3c(oc2c1)C(=O)N(Cc1ccc(F)cc1)[C@H]3c1cccc(O)c1. The summed E-state index contributed by atoms with van der Waals surface area (Å²) in [6.07, 6.45) is 0. The zero-order valence-corrected chi connectivity index (χ0v) is 17.6. The highest BCUT2D eigenvalue weighted by Crippen LogP contribution is 2.40. The Hall–Kier alpha value is -3.93. The molecule has 2 heterocycles. The number of phenolic OH excluding ortho intramolecular Hbond substituents is 1. The van der Waals surface area contributed by atoms with Gasteiger partial charge in [0.15, 0.2) is 5.43 Å². The Morgan fingerprint density at radius 3 is 2.50 bits per heavy atom. The second kappa shape index (κ2) is 7.34. The van der Waals surface area contributed by atoms with Gasteiger partial charge in [-0.3, -0.25) is 9.59 Å². The van der Waals surface area contributed by atoms with Gasteiger partial charge in [0.1, 0.15) is 17.1 Å². The van der Waals surface area contributed by atoms with E-state index in [9.17, 15) is 19.1 Å². The van der Waals surface area contributed by atoms with Crippen molar-refractivity contribution >= 4 is 16.9 Å². The summed E-state index contributed by atoms with van der Waals surface area (Å²) in [6, 6.07) is 15.3. The molecule has 4 aromatic rings. The first-order valence-corrected chi connectivity index (χ1v) is 10.3. The number of aryl methyl sites for hydroxylation is 2. The summed E-state index contributed by atoms with van der Waals surface area (Å²) in [5.74, 6) is -0.760. The molecule has 1 amide bonds. The number of aromatic hydroxyl groups is 1. The molecule has 32 heavy (non-hydrogen) atoms. The largest absolute Gasteiger partial charge is 0.508 e. The van der Waals surface area contributed by atoms with E-state index >= 15 is 0 Å². The molecule has 0 spiro atoms. The Morgan fingerprint density at radius 2 is 1.78 bits per heavy atom. The van der Waals surface area contributed by atoms with Crippen LogP contribution in [-0.2, 0) is 6.54 Å². The molecule has 0 fully saturated rings. The Kier molecular flexibility index (Phi) is 4.59. The summed E-state index contributed by atoms with van der Waals surface area (Å²) >= 11 is 0. The predicted octanol–water partition coefficient (Wildman–Crippen LogP) is 5.00. The predicted molar refractivity (Wildman–Crippen MR) is 118 cm³/mol. The smallest absolute Gasteiger partial charge is 0.291 e. The molecule has 6 heteroatoms. The lowest BCUT2D eigenvalue weighted by Gasteiger charge is -2.25. The number of carbonyl (C=O) groups excluding carboxylic acids is 1. The van der Waals surface area contributed by atoms with E-state index in [4.69, 9.17) is 4.42 Å². The maximum atomic E-state index is 13.7. The van der Waals surface area contributed by atoms with Gasteiger partial charge < -0.3 is 14.4 Å². The third-order valence-corrected chi connectivity index (χ3v) is 5.86. The number of nitrogens with zero attached hydrogens (tertiary/aromatic N) is 1. The van der Waals surface area contributed by atoms with E-state index in [1.165, 1.54) is 29.2 Å². The van der Waals surface area contributed by atoms with E-state index in [1.807, 2.05) is 19.9 Å². The quantitative estimate of drug-likeness (QED) is 0.498. The van der Waals surface area contributed by atoms with Gasteiger partial charge in [-0.1, -0.05) is 30.3 Å². The van der Waals surface area contributed by atoms with Crippen molar-refractivity contribution in [3.05, 3.63) is 110 Å². The molecule has 3 aromatic carbocycles. The molecule has 1 N–H and O–H groups in total. The molecular weight excluding hydrogens is 409 g/mol. The third-order valence-electron chi connectivity index (χ3n) is 5.86. The van der Waals surface area contributed by atoms with Crippen LogP contribution >= 0.6 is 0 Å². The monoisotopic (exact) mass is 429 g/mol. The van der Waals surface area contributed by atoms with Crippen LogP contribution in [0.1, 0.15) is 44.4 Å². The lowest BCUT2D eigenvalue weighted by Crippen LogP contribution is -2.29. The first kappa shape index (κ1) is 20.0. The normalized spacial score (nSPS) is 15.4. The Morgan fingerprint density at radius 1 is 1.03 bits per heavy atom. The average molecular weight is 429 g/mol. The van der Waals surface area contributed by atoms with Gasteiger partial charge in [0.05, 0.1) is 17.0 Å². The van der Waals surface area contributed by atoms with Crippen LogP contribution in [0.5, 0.6) is 5.75 Å². The molecule has 1 aliphatic rings. The van der Waals surface area contributed by atoms with Crippen molar-refractivity contribution < 1.29 is 18.7 Å². The van der Waals surface area contributed by atoms with Crippen LogP contribution in [-0.4, -0.2) is 15.9 Å². The van der Waals surface area contributed by atoms with Crippen molar-refractivity contribution in [1.29, 1.82) is 0 Å². The van der Waals surface area contributed by atoms with Crippen molar-refractivity contribution in [2.45, 2.75) is 26.4 Å². The number of phenols is 1. The highest BCUT2D eigenvalue weighted by Gasteiger charge is 2.43. The second-order valence-electron chi connectivity index (χ2n) is 8.19. The van der Waals surface area contributed by atoms with Crippen molar-refractivity contribution in [2.75, 3.05) is 0 Å². The van der Waals surface area contributed by atoms with E-state index in [0.29, 0.717) is 22.1 Å². The van der Waals surface area contributed by atoms with E-state index in [1.54, 1.807) is 30.3 Å². The summed E-state index contributed by atoms with van der Waals surface area (Å²) in [7, 11) is 0. The fourth-order valence-corrected chi connectivity index (χ4v) is 4.50. The maximum Gasteiger partial charge on any atom is 0.291 e. The molecule has 0 saturated heterocycles. The number of rotatable bonds is 3. The van der Waals surface area contributed by atoms with Crippen LogP contribution in [0.3, 0.4) is 0 Å². The number of hydrogen-bond donors (Lipinski definition) is 1. The number of fused-ring (bicyclic) bond motifs is 2. The molecule has 5 nitrogen and oxygen atoms in total. The highest BCUT2D eigenvalue weighted by atomic mass is 19.1. The molecule has 0 radical (unpaired) electrons. The van der Waals surface area contributed by atoms with Crippen LogP contribution in [0.15, 0.2) is 69.9 Å². The van der Waals surface area contributed by atoms with Crippen LogP contribution < -0.4 is 5.43 Å². The maximum absolute atomic E-state index is 13.7. The number of halogens is 1. The van der Waals surface area contributed by atoms with E-state index in [2.05, 4.69) is 0 Å². The lowest BCUT2D eigenvalue weighted by molar-refractivity contribution is 0.0714. The number of amides is 1. The lowest BCUT2D eigenvalue weighted by atomic mass is 9.96. The summed E-state index contributed by atoms with van der Waals surface area (Å²) in [5, 5.41) is 10.5. The Labute approximate surface area is 183 Å². The van der Waals surface area contributed by atoms with Crippen LogP contribution in [0.4, 0.5) is 4.39 Å². The molecule has 1 aromatic heterocycles. The molecule has 5 rings (SSSR count). The molecular formula is C26H20FNO4. The summed E-state index contributed by atoms with van der Waals surface area (Å²) in [5.41, 5.74) is 3.37. The minimum Gasteiger partial charge on any atom is -0.508 e. The van der Waals surface area contributed by atoms with E-state index in [0.717, 1.165) is 11.1 Å². The highest BCUT2D eigenvalue weighted by molar-refractivity contribution is 5.99. The minimum atomic E-state index is -0.740. The van der Waals surface area contributed by atoms with Gasteiger partial charge in [0.2, 0.25) is 5.76 Å². The molecule has 1 aliphatic heterocycles. The topological polar surface area (TPSA) is 70.8 Å². The summed E-state index contributed by atoms with van der Waals surface area (Å²) < 4.78 is 19.4. The van der Waals surface area contributed by atoms with E-state index < -0.39 is 11.9 Å². The first-order chi connectivity index (χ1) is 15.3. The van der Waals surface area contributed by atoms with Gasteiger partial charge in [0, 0.05) is 6.54 Å². The summed E-state index contributed by atoms with van der Waals surface area (Å²) in [6.45, 7) is 3.89. The molecule has 0 unspecified atom stereocenters. The average Bonchev–Trinajstić information content (AvgIpc) is 3.01. The number of carbonyl (C=O) groups is 1. The molecule has 0 aliphatic carbocycles. The van der Waals surface area contributed by atoms with E-state index in [-0.39, 0.29) is 34.9 Å². The van der Waals surface area contributed by atoms with Gasteiger partial charge in [-0.25, -0.2) is 4.39 Å². The van der Waals surface area contributed by atoms with Gasteiger partial charge in [-0.05, 0) is 66.4 Å². The van der Waals surface area contributed by atoms with Crippen LogP contribution in [0.25, 0.3) is 11.0 Å². The molecule has 160 valence electrons. The standard InChI is InChI=1S/C26H20FNO4/c1-14-10-15(2)21-20(11-14)32-25-22(24(21)30)23(17-4-3-5-19(29)12-17)28(26(25)31)13-16-6-8-18(27)9-7-16/h3-12,23,29H,13H2,1-2H3/t23-/m0/s1. The molecule has 0 bridgehead atoms. The Balaban J connectivity index is 1.75. The number of benzene rings is 3. The zero-order chi connectivity index (χ0) is 22.6. The molecule has 1 atom stereocenters.